The molecule has 3 heterocycles. The summed E-state index contributed by atoms with van der Waals surface area (Å²) < 4.78 is 55.1. The van der Waals surface area contributed by atoms with Gasteiger partial charge in [-0.2, -0.15) is 0 Å². The minimum atomic E-state index is -1.61. The number of rotatable bonds is 16. The van der Waals surface area contributed by atoms with E-state index < -0.39 is 133 Å². The molecule has 20 atom stereocenters. The van der Waals surface area contributed by atoms with Crippen LogP contribution in [0.2, 0.25) is 0 Å². The fourth-order valence-electron chi connectivity index (χ4n) is 11.6. The first-order chi connectivity index (χ1) is 32.3. The van der Waals surface area contributed by atoms with Crippen molar-refractivity contribution >= 4 is 29.4 Å². The molecular weight excluding hydrogens is 889 g/mol. The third kappa shape index (κ3) is 10.5. The lowest BCUT2D eigenvalue weighted by Crippen LogP contribution is -2.62. The van der Waals surface area contributed by atoms with Crippen LogP contribution in [-0.4, -0.2) is 167 Å². The Morgan fingerprint density at radius 2 is 1.50 bits per heavy atom. The number of Topliss-reactive ketones (excluding diaryl/α,β-unsaturated/α-hetero) is 2. The first-order valence-corrected chi connectivity index (χ1v) is 23.8. The zero-order valence-electron chi connectivity index (χ0n) is 39.9. The number of hydrogen-bond acceptors (Lipinski definition) is 18. The molecule has 18 nitrogen and oxygen atoms in total. The number of aliphatic hydroxyl groups is 5. The van der Waals surface area contributed by atoms with Crippen molar-refractivity contribution in [2.45, 2.75) is 184 Å². The second-order valence-corrected chi connectivity index (χ2v) is 19.9. The highest BCUT2D eigenvalue weighted by atomic mass is 16.8. The van der Waals surface area contributed by atoms with E-state index in [1.54, 1.807) is 27.0 Å². The maximum atomic E-state index is 14.0. The van der Waals surface area contributed by atoms with Crippen LogP contribution in [0, 0.1) is 22.7 Å². The minimum absolute atomic E-state index is 0.0782. The Morgan fingerprint density at radius 3 is 2.12 bits per heavy atom. The molecule has 5 fully saturated rings. The standard InChI is InChI=1S/C50H70O18/c1-26(52)31-14-15-37(54)49(31,5)38(66-39(55)16-13-29-11-9-8-10-12-29)21-32-33(53)18-20-50(59)24-30(17-19-48(32,50)4)64-40-22-34(60-6)45(27(2)62-40)67-41-23-35(61-7)46(28(3)63-41)68-47-44(58)43(57)42(56)36(25-51)65-47/h8-13,16,18,20,27-28,30-32,34-36,38,40-47,51,56-59H,14-15,17,19,21-25H2,1-7H3/b16-13+/t27-,28-,30+,31-,32+,34+,35+,36-,38-,40+,41+,42-,43+,44-,45-,46-,47+,48-,49+,50+/m1/s1. The number of benzene rings is 1. The van der Waals surface area contributed by atoms with Gasteiger partial charge in [-0.15, -0.1) is 0 Å². The Labute approximate surface area is 397 Å². The quantitative estimate of drug-likeness (QED) is 0.118. The Bertz CT molecular complexity index is 1990. The van der Waals surface area contributed by atoms with E-state index in [0.29, 0.717) is 19.3 Å². The number of aliphatic hydroxyl groups excluding tert-OH is 4. The molecule has 3 aliphatic heterocycles. The number of ketones is 3. The fraction of sp³-hybridized carbons (Fsp3) is 0.720. The van der Waals surface area contributed by atoms with Crippen molar-refractivity contribution in [3.05, 3.63) is 54.1 Å². The lowest BCUT2D eigenvalue weighted by Gasteiger charge is -2.55. The third-order valence-corrected chi connectivity index (χ3v) is 15.9. The molecule has 0 amide bonds. The van der Waals surface area contributed by atoms with Gasteiger partial charge in [0.15, 0.2) is 24.7 Å². The summed E-state index contributed by atoms with van der Waals surface area (Å²) in [4.78, 5) is 54.2. The molecule has 7 rings (SSSR count). The Balaban J connectivity index is 0.993. The summed E-state index contributed by atoms with van der Waals surface area (Å²) in [5.74, 6) is -2.97. The van der Waals surface area contributed by atoms with Crippen LogP contribution in [0.3, 0.4) is 0 Å². The molecule has 0 unspecified atom stereocenters. The van der Waals surface area contributed by atoms with E-state index in [2.05, 4.69) is 0 Å². The SMILES string of the molecule is CO[C@H]1C[C@H](O[C@H]2CC[C@]3(C)[C@@H](C[C@@H](OC(=O)/C=C/c4ccccc4)[C@]4(C)C(=O)CC[C@@H]4C(C)=O)C(=O)C=C[C@]3(O)C2)O[C@H](C)[C@H]1O[C@H]1C[C@H](OC)[C@H](O[C@@H]2O[C@H](CO)[C@@H](O)[C@H](O)[C@H]2O)[C@@H](C)O1. The van der Waals surface area contributed by atoms with Crippen LogP contribution in [0.5, 0.6) is 0 Å². The van der Waals surface area contributed by atoms with Crippen LogP contribution in [0.1, 0.15) is 91.5 Å². The van der Waals surface area contributed by atoms with E-state index in [0.717, 1.165) is 5.56 Å². The summed E-state index contributed by atoms with van der Waals surface area (Å²) in [5, 5.41) is 53.3. The van der Waals surface area contributed by atoms with Crippen LogP contribution in [0.25, 0.3) is 6.08 Å². The molecule has 0 aromatic heterocycles. The van der Waals surface area contributed by atoms with Crippen LogP contribution in [-0.2, 0) is 61.8 Å². The lowest BCUT2D eigenvalue weighted by atomic mass is 9.52. The van der Waals surface area contributed by atoms with Gasteiger partial charge in [0.05, 0.1) is 48.1 Å². The van der Waals surface area contributed by atoms with Gasteiger partial charge < -0.3 is 68.2 Å². The summed E-state index contributed by atoms with van der Waals surface area (Å²) >= 11 is 0. The molecular formula is C50H70O18. The molecule has 0 bridgehead atoms. The van der Waals surface area contributed by atoms with Crippen molar-refractivity contribution in [3.8, 4) is 0 Å². The summed E-state index contributed by atoms with van der Waals surface area (Å²) in [5.41, 5.74) is -3.22. The first-order valence-electron chi connectivity index (χ1n) is 23.8. The zero-order valence-corrected chi connectivity index (χ0v) is 39.9. The molecule has 3 aliphatic carbocycles. The van der Waals surface area contributed by atoms with Gasteiger partial charge in [0, 0.05) is 63.2 Å². The molecule has 1 aromatic rings. The molecule has 3 saturated heterocycles. The normalized spacial score (nSPS) is 43.6. The molecule has 68 heavy (non-hydrogen) atoms. The Morgan fingerprint density at radius 1 is 0.868 bits per heavy atom. The van der Waals surface area contributed by atoms with Gasteiger partial charge in [0.2, 0.25) is 0 Å². The number of ether oxygens (including phenoxy) is 9. The van der Waals surface area contributed by atoms with E-state index in [1.807, 2.05) is 44.2 Å². The first kappa shape index (κ1) is 52.5. The highest BCUT2D eigenvalue weighted by Gasteiger charge is 2.62. The van der Waals surface area contributed by atoms with Crippen LogP contribution >= 0.6 is 0 Å². The van der Waals surface area contributed by atoms with Gasteiger partial charge in [0.25, 0.3) is 0 Å². The number of hydrogen-bond donors (Lipinski definition) is 5. The predicted octanol–water partition coefficient (Wildman–Crippen LogP) is 2.51. The lowest BCUT2D eigenvalue weighted by molar-refractivity contribution is -0.354. The summed E-state index contributed by atoms with van der Waals surface area (Å²) in [6.45, 7) is 7.89. The average Bonchev–Trinajstić information content (AvgIpc) is 3.62. The monoisotopic (exact) mass is 958 g/mol. The zero-order chi connectivity index (χ0) is 49.3. The van der Waals surface area contributed by atoms with E-state index in [1.165, 1.54) is 32.3 Å². The number of carbonyl (C=O) groups is 4. The molecule has 0 radical (unpaired) electrons. The van der Waals surface area contributed by atoms with Crippen LogP contribution in [0.15, 0.2) is 48.6 Å². The van der Waals surface area contributed by atoms with Crippen molar-refractivity contribution in [3.63, 3.8) is 0 Å². The smallest absolute Gasteiger partial charge is 0.331 e. The van der Waals surface area contributed by atoms with Gasteiger partial charge in [-0.3, -0.25) is 14.4 Å². The number of fused-ring (bicyclic) bond motifs is 1. The van der Waals surface area contributed by atoms with E-state index in [4.69, 9.17) is 42.6 Å². The molecule has 0 spiro atoms. The number of carbonyl (C=O) groups excluding carboxylic acids is 4. The Hall–Kier alpha value is -3.34. The van der Waals surface area contributed by atoms with Crippen LogP contribution in [0.4, 0.5) is 0 Å². The van der Waals surface area contributed by atoms with Gasteiger partial charge in [-0.05, 0) is 77.2 Å². The molecule has 378 valence electrons. The largest absolute Gasteiger partial charge is 0.458 e. The van der Waals surface area contributed by atoms with Gasteiger partial charge >= 0.3 is 5.97 Å². The summed E-state index contributed by atoms with van der Waals surface area (Å²) in [7, 11) is 3.05. The van der Waals surface area contributed by atoms with Crippen molar-refractivity contribution in [1.82, 2.24) is 0 Å². The topological polar surface area (TPSA) is 252 Å². The van der Waals surface area contributed by atoms with Gasteiger partial charge in [-0.1, -0.05) is 37.3 Å². The maximum Gasteiger partial charge on any atom is 0.331 e. The molecule has 18 heteroatoms. The van der Waals surface area contributed by atoms with Gasteiger partial charge in [-0.25, -0.2) is 4.79 Å². The van der Waals surface area contributed by atoms with E-state index in [9.17, 15) is 44.7 Å². The van der Waals surface area contributed by atoms with E-state index >= 15 is 0 Å². The van der Waals surface area contributed by atoms with Crippen molar-refractivity contribution in [1.29, 1.82) is 0 Å². The number of esters is 1. The van der Waals surface area contributed by atoms with E-state index in [-0.39, 0.29) is 49.5 Å². The fourth-order valence-corrected chi connectivity index (χ4v) is 11.6. The van der Waals surface area contributed by atoms with Crippen molar-refractivity contribution in [2.24, 2.45) is 22.7 Å². The Kier molecular flexibility index (Phi) is 16.6. The number of allylic oxidation sites excluding steroid dienone is 1. The summed E-state index contributed by atoms with van der Waals surface area (Å²) in [6, 6.07) is 9.17. The number of methoxy groups -OCH3 is 2. The van der Waals surface area contributed by atoms with Gasteiger partial charge in [0.1, 0.15) is 54.3 Å². The highest BCUT2D eigenvalue weighted by molar-refractivity contribution is 5.97. The molecule has 5 N–H and O–H groups in total. The van der Waals surface area contributed by atoms with Crippen molar-refractivity contribution < 1.29 is 87.3 Å². The van der Waals surface area contributed by atoms with Crippen molar-refractivity contribution in [2.75, 3.05) is 20.8 Å². The second-order valence-electron chi connectivity index (χ2n) is 19.9. The highest BCUT2D eigenvalue weighted by Crippen LogP contribution is 2.57. The molecule has 1 aromatic carbocycles. The average molecular weight is 959 g/mol. The predicted molar refractivity (Wildman–Crippen MR) is 239 cm³/mol. The molecule has 6 aliphatic rings. The second kappa shape index (κ2) is 21.6. The summed E-state index contributed by atoms with van der Waals surface area (Å²) in [6.07, 6.45) is -6.74. The minimum Gasteiger partial charge on any atom is -0.458 e. The molecule has 2 saturated carbocycles. The third-order valence-electron chi connectivity index (χ3n) is 15.9. The van der Waals surface area contributed by atoms with Crippen LogP contribution < -0.4 is 0 Å². The maximum absolute atomic E-state index is 14.0.